The van der Waals surface area contributed by atoms with E-state index in [9.17, 15) is 9.90 Å². The van der Waals surface area contributed by atoms with Crippen molar-refractivity contribution in [1.29, 1.82) is 0 Å². The number of rotatable bonds is 3. The average molecular weight is 270 g/mol. The number of halogens is 1. The van der Waals surface area contributed by atoms with E-state index < -0.39 is 5.60 Å². The van der Waals surface area contributed by atoms with Gasteiger partial charge in [-0.2, -0.15) is 0 Å². The molecule has 2 rings (SSSR count). The Bertz CT molecular complexity index is 430. The van der Waals surface area contributed by atoms with Crippen molar-refractivity contribution in [3.63, 3.8) is 0 Å². The maximum absolute atomic E-state index is 11.9. The molecule has 0 radical (unpaired) electrons. The molecule has 1 aliphatic rings. The number of carbonyl (C=O) groups excluding carboxylic acids is 1. The SMILES string of the molecule is O=C(NCC1(O)CCOCC1)c1ccccc1Cl. The van der Waals surface area contributed by atoms with Crippen LogP contribution >= 0.6 is 11.6 Å². The van der Waals surface area contributed by atoms with E-state index in [1.807, 2.05) is 0 Å². The van der Waals surface area contributed by atoms with E-state index in [0.717, 1.165) is 0 Å². The van der Waals surface area contributed by atoms with E-state index in [2.05, 4.69) is 5.32 Å². The van der Waals surface area contributed by atoms with Crippen molar-refractivity contribution in [3.8, 4) is 0 Å². The lowest BCUT2D eigenvalue weighted by Crippen LogP contribution is -2.46. The van der Waals surface area contributed by atoms with Gasteiger partial charge in [-0.25, -0.2) is 0 Å². The van der Waals surface area contributed by atoms with Crippen LogP contribution in [-0.4, -0.2) is 36.4 Å². The normalized spacial score (nSPS) is 18.3. The molecule has 1 fully saturated rings. The van der Waals surface area contributed by atoms with Crippen LogP contribution in [0.2, 0.25) is 5.02 Å². The highest BCUT2D eigenvalue weighted by Crippen LogP contribution is 2.20. The average Bonchev–Trinajstić information content (AvgIpc) is 2.38. The lowest BCUT2D eigenvalue weighted by Gasteiger charge is -2.32. The quantitative estimate of drug-likeness (QED) is 0.877. The zero-order valence-electron chi connectivity index (χ0n) is 9.99. The van der Waals surface area contributed by atoms with E-state index in [4.69, 9.17) is 16.3 Å². The summed E-state index contributed by atoms with van der Waals surface area (Å²) in [5.41, 5.74) is -0.440. The first-order chi connectivity index (χ1) is 8.61. The Morgan fingerprint density at radius 3 is 2.72 bits per heavy atom. The molecule has 0 bridgehead atoms. The molecule has 1 aromatic carbocycles. The van der Waals surface area contributed by atoms with Crippen LogP contribution in [0.3, 0.4) is 0 Å². The van der Waals surface area contributed by atoms with Gasteiger partial charge in [-0.1, -0.05) is 23.7 Å². The Morgan fingerprint density at radius 2 is 2.06 bits per heavy atom. The van der Waals surface area contributed by atoms with Crippen LogP contribution in [0.1, 0.15) is 23.2 Å². The standard InChI is InChI=1S/C13H16ClNO3/c14-11-4-2-1-3-10(11)12(16)15-9-13(17)5-7-18-8-6-13/h1-4,17H,5-9H2,(H,15,16). The first-order valence-electron chi connectivity index (χ1n) is 5.94. The van der Waals surface area contributed by atoms with E-state index in [1.54, 1.807) is 24.3 Å². The molecular formula is C13H16ClNO3. The summed E-state index contributed by atoms with van der Waals surface area (Å²) >= 11 is 5.93. The smallest absolute Gasteiger partial charge is 0.252 e. The number of benzene rings is 1. The largest absolute Gasteiger partial charge is 0.388 e. The summed E-state index contributed by atoms with van der Waals surface area (Å²) in [5.74, 6) is -0.263. The number of hydrogen-bond donors (Lipinski definition) is 2. The molecule has 2 N–H and O–H groups in total. The summed E-state index contributed by atoms with van der Waals surface area (Å²) in [7, 11) is 0. The molecular weight excluding hydrogens is 254 g/mol. The van der Waals surface area contributed by atoms with Crippen molar-refractivity contribution in [2.45, 2.75) is 18.4 Å². The minimum Gasteiger partial charge on any atom is -0.388 e. The third-order valence-electron chi connectivity index (χ3n) is 3.12. The number of amides is 1. The summed E-state index contributed by atoms with van der Waals surface area (Å²) in [6.07, 6.45) is 1.08. The number of carbonyl (C=O) groups is 1. The van der Waals surface area contributed by atoms with E-state index in [-0.39, 0.29) is 12.5 Å². The summed E-state index contributed by atoms with van der Waals surface area (Å²) < 4.78 is 5.18. The predicted octanol–water partition coefficient (Wildman–Crippen LogP) is 1.61. The maximum atomic E-state index is 11.9. The van der Waals surface area contributed by atoms with Crippen LogP contribution in [0.15, 0.2) is 24.3 Å². The molecule has 1 amide bonds. The van der Waals surface area contributed by atoms with Gasteiger partial charge in [0.15, 0.2) is 0 Å². The maximum Gasteiger partial charge on any atom is 0.252 e. The van der Waals surface area contributed by atoms with Crippen molar-refractivity contribution >= 4 is 17.5 Å². The van der Waals surface area contributed by atoms with Gasteiger partial charge in [0, 0.05) is 32.6 Å². The fourth-order valence-electron chi connectivity index (χ4n) is 1.91. The molecule has 0 spiro atoms. The monoisotopic (exact) mass is 269 g/mol. The van der Waals surface area contributed by atoms with Crippen LogP contribution in [0.4, 0.5) is 0 Å². The summed E-state index contributed by atoms with van der Waals surface area (Å²) in [6.45, 7) is 1.28. The molecule has 4 nitrogen and oxygen atoms in total. The van der Waals surface area contributed by atoms with E-state index >= 15 is 0 Å². The third-order valence-corrected chi connectivity index (χ3v) is 3.45. The van der Waals surface area contributed by atoms with E-state index in [1.165, 1.54) is 0 Å². The van der Waals surface area contributed by atoms with Crippen molar-refractivity contribution in [2.24, 2.45) is 0 Å². The highest BCUT2D eigenvalue weighted by molar-refractivity contribution is 6.33. The Kier molecular flexibility index (Phi) is 4.22. The van der Waals surface area contributed by atoms with Gasteiger partial charge < -0.3 is 15.2 Å². The molecule has 5 heteroatoms. The van der Waals surface area contributed by atoms with Crippen LogP contribution in [0.25, 0.3) is 0 Å². The molecule has 1 aromatic rings. The second-order valence-corrected chi connectivity index (χ2v) is 4.91. The second kappa shape index (κ2) is 5.69. The lowest BCUT2D eigenvalue weighted by molar-refractivity contribution is -0.0605. The topological polar surface area (TPSA) is 58.6 Å². The van der Waals surface area contributed by atoms with Gasteiger partial charge in [-0.3, -0.25) is 4.79 Å². The molecule has 1 saturated heterocycles. The van der Waals surface area contributed by atoms with Gasteiger partial charge in [-0.15, -0.1) is 0 Å². The minimum atomic E-state index is -0.866. The van der Waals surface area contributed by atoms with Gasteiger partial charge in [0.05, 0.1) is 16.2 Å². The second-order valence-electron chi connectivity index (χ2n) is 4.50. The Balaban J connectivity index is 1.94. The molecule has 0 aliphatic carbocycles. The fraction of sp³-hybridized carbons (Fsp3) is 0.462. The van der Waals surface area contributed by atoms with Gasteiger partial charge in [0.1, 0.15) is 0 Å². The molecule has 1 aliphatic heterocycles. The molecule has 0 aromatic heterocycles. The number of ether oxygens (including phenoxy) is 1. The highest BCUT2D eigenvalue weighted by atomic mass is 35.5. The highest BCUT2D eigenvalue weighted by Gasteiger charge is 2.30. The van der Waals surface area contributed by atoms with Crippen LogP contribution < -0.4 is 5.32 Å². The molecule has 0 atom stereocenters. The molecule has 0 unspecified atom stereocenters. The predicted molar refractivity (Wildman–Crippen MR) is 68.8 cm³/mol. The number of hydrogen-bond acceptors (Lipinski definition) is 3. The van der Waals surface area contributed by atoms with Crippen molar-refractivity contribution in [1.82, 2.24) is 5.32 Å². The molecule has 98 valence electrons. The molecule has 0 saturated carbocycles. The van der Waals surface area contributed by atoms with Crippen LogP contribution in [0, 0.1) is 0 Å². The fourth-order valence-corrected chi connectivity index (χ4v) is 2.14. The van der Waals surface area contributed by atoms with Crippen LogP contribution in [-0.2, 0) is 4.74 Å². The van der Waals surface area contributed by atoms with E-state index in [0.29, 0.717) is 36.6 Å². The Labute approximate surface area is 111 Å². The third kappa shape index (κ3) is 3.22. The van der Waals surface area contributed by atoms with Crippen molar-refractivity contribution in [2.75, 3.05) is 19.8 Å². The Morgan fingerprint density at radius 1 is 1.39 bits per heavy atom. The van der Waals surface area contributed by atoms with Gasteiger partial charge >= 0.3 is 0 Å². The summed E-state index contributed by atoms with van der Waals surface area (Å²) in [5, 5.41) is 13.3. The van der Waals surface area contributed by atoms with Crippen molar-refractivity contribution < 1.29 is 14.6 Å². The molecule has 18 heavy (non-hydrogen) atoms. The first kappa shape index (κ1) is 13.3. The summed E-state index contributed by atoms with van der Waals surface area (Å²) in [4.78, 5) is 11.9. The Hall–Kier alpha value is -1.10. The zero-order valence-corrected chi connectivity index (χ0v) is 10.7. The minimum absolute atomic E-state index is 0.223. The lowest BCUT2D eigenvalue weighted by atomic mass is 9.94. The summed E-state index contributed by atoms with van der Waals surface area (Å²) in [6, 6.07) is 6.85. The number of nitrogens with one attached hydrogen (secondary N) is 1. The molecule has 1 heterocycles. The number of aliphatic hydroxyl groups is 1. The van der Waals surface area contributed by atoms with Gasteiger partial charge in [-0.05, 0) is 12.1 Å². The van der Waals surface area contributed by atoms with Gasteiger partial charge in [0.25, 0.3) is 5.91 Å². The van der Waals surface area contributed by atoms with Gasteiger partial charge in [0.2, 0.25) is 0 Å². The zero-order chi connectivity index (χ0) is 13.0. The van der Waals surface area contributed by atoms with Crippen molar-refractivity contribution in [3.05, 3.63) is 34.9 Å². The first-order valence-corrected chi connectivity index (χ1v) is 6.31. The van der Waals surface area contributed by atoms with Crippen LogP contribution in [0.5, 0.6) is 0 Å².